The number of hydrogen-bond acceptors (Lipinski definition) is 4. The van der Waals surface area contributed by atoms with E-state index in [1.807, 2.05) is 6.92 Å². The molecule has 78 valence electrons. The Bertz CT molecular complexity index is 256. The standard InChI is InChI=1S/C10H15NO3/c1-4-6-8(11-3)7-10(13)14-9(12)5-2/h5,7,11H,2,4,6H2,1,3H3. The van der Waals surface area contributed by atoms with E-state index < -0.39 is 11.9 Å². The van der Waals surface area contributed by atoms with Gasteiger partial charge in [-0.05, 0) is 6.42 Å². The largest absolute Gasteiger partial charge is 0.391 e. The van der Waals surface area contributed by atoms with Gasteiger partial charge in [0.1, 0.15) is 0 Å². The van der Waals surface area contributed by atoms with E-state index >= 15 is 0 Å². The highest BCUT2D eigenvalue weighted by atomic mass is 16.6. The Morgan fingerprint density at radius 1 is 1.43 bits per heavy atom. The van der Waals surface area contributed by atoms with Crippen LogP contribution in [0.2, 0.25) is 0 Å². The Morgan fingerprint density at radius 2 is 2.07 bits per heavy atom. The molecule has 4 nitrogen and oxygen atoms in total. The highest BCUT2D eigenvalue weighted by Gasteiger charge is 2.04. The predicted molar refractivity (Wildman–Crippen MR) is 53.3 cm³/mol. The van der Waals surface area contributed by atoms with Gasteiger partial charge in [-0.25, -0.2) is 9.59 Å². The summed E-state index contributed by atoms with van der Waals surface area (Å²) in [4.78, 5) is 21.7. The maximum atomic E-state index is 11.0. The van der Waals surface area contributed by atoms with Crippen molar-refractivity contribution < 1.29 is 14.3 Å². The monoisotopic (exact) mass is 197 g/mol. The first-order chi connectivity index (χ1) is 6.63. The number of nitrogens with one attached hydrogen (secondary N) is 1. The van der Waals surface area contributed by atoms with Gasteiger partial charge in [-0.2, -0.15) is 0 Å². The molecule has 0 aromatic heterocycles. The number of hydrogen-bond donors (Lipinski definition) is 1. The normalized spacial score (nSPS) is 10.6. The molecule has 0 fully saturated rings. The van der Waals surface area contributed by atoms with Gasteiger partial charge >= 0.3 is 11.9 Å². The Kier molecular flexibility index (Phi) is 6.11. The van der Waals surface area contributed by atoms with Crippen LogP contribution in [0.15, 0.2) is 24.4 Å². The first-order valence-corrected chi connectivity index (χ1v) is 4.40. The molecule has 0 heterocycles. The molecule has 0 saturated carbocycles. The summed E-state index contributed by atoms with van der Waals surface area (Å²) >= 11 is 0. The molecule has 0 amide bonds. The van der Waals surface area contributed by atoms with Crippen LogP contribution in [0.5, 0.6) is 0 Å². The van der Waals surface area contributed by atoms with E-state index in [9.17, 15) is 9.59 Å². The molecule has 0 saturated heterocycles. The summed E-state index contributed by atoms with van der Waals surface area (Å²) in [5.41, 5.74) is 0.745. The van der Waals surface area contributed by atoms with Crippen molar-refractivity contribution >= 4 is 11.9 Å². The fraction of sp³-hybridized carbons (Fsp3) is 0.400. The van der Waals surface area contributed by atoms with Crippen LogP contribution in [-0.2, 0) is 14.3 Å². The quantitative estimate of drug-likeness (QED) is 0.408. The zero-order valence-electron chi connectivity index (χ0n) is 8.50. The summed E-state index contributed by atoms with van der Waals surface area (Å²) in [7, 11) is 1.71. The smallest absolute Gasteiger partial charge is 0.340 e. The van der Waals surface area contributed by atoms with Gasteiger partial charge < -0.3 is 10.1 Å². The van der Waals surface area contributed by atoms with Crippen molar-refractivity contribution in [3.05, 3.63) is 24.4 Å². The Hall–Kier alpha value is -1.58. The van der Waals surface area contributed by atoms with Crippen LogP contribution in [0.25, 0.3) is 0 Å². The van der Waals surface area contributed by atoms with E-state index in [4.69, 9.17) is 0 Å². The van der Waals surface area contributed by atoms with Gasteiger partial charge in [-0.1, -0.05) is 19.9 Å². The van der Waals surface area contributed by atoms with Crippen molar-refractivity contribution in [2.24, 2.45) is 0 Å². The molecule has 4 heteroatoms. The number of carbonyl (C=O) groups is 2. The van der Waals surface area contributed by atoms with Crippen LogP contribution >= 0.6 is 0 Å². The average molecular weight is 197 g/mol. The lowest BCUT2D eigenvalue weighted by molar-refractivity contribution is -0.152. The summed E-state index contributed by atoms with van der Waals surface area (Å²) in [5, 5.41) is 2.85. The van der Waals surface area contributed by atoms with E-state index in [2.05, 4.69) is 16.6 Å². The van der Waals surface area contributed by atoms with Gasteiger partial charge in [0.2, 0.25) is 0 Å². The summed E-state index contributed by atoms with van der Waals surface area (Å²) in [5.74, 6) is -1.41. The third kappa shape index (κ3) is 5.13. The van der Waals surface area contributed by atoms with Crippen LogP contribution in [0.3, 0.4) is 0 Å². The minimum atomic E-state index is -0.738. The second-order valence-electron chi connectivity index (χ2n) is 2.61. The van der Waals surface area contributed by atoms with E-state index in [0.717, 1.165) is 24.6 Å². The lowest BCUT2D eigenvalue weighted by Crippen LogP contribution is -2.12. The van der Waals surface area contributed by atoms with E-state index in [1.165, 1.54) is 6.08 Å². The molecule has 14 heavy (non-hydrogen) atoms. The number of allylic oxidation sites excluding steroid dienone is 1. The molecule has 0 aliphatic carbocycles. The zero-order valence-corrected chi connectivity index (χ0v) is 8.50. The predicted octanol–water partition coefficient (Wildman–Crippen LogP) is 1.15. The zero-order chi connectivity index (χ0) is 11.0. The first kappa shape index (κ1) is 12.4. The molecule has 0 radical (unpaired) electrons. The molecule has 0 aliphatic heterocycles. The van der Waals surface area contributed by atoms with Crippen molar-refractivity contribution in [3.63, 3.8) is 0 Å². The first-order valence-electron chi connectivity index (χ1n) is 4.40. The van der Waals surface area contributed by atoms with Gasteiger partial charge in [-0.15, -0.1) is 0 Å². The van der Waals surface area contributed by atoms with Crippen LogP contribution in [0.1, 0.15) is 19.8 Å². The third-order valence-electron chi connectivity index (χ3n) is 1.50. The molecule has 0 spiro atoms. The molecule has 0 rings (SSSR count). The molecule has 0 atom stereocenters. The second-order valence-corrected chi connectivity index (χ2v) is 2.61. The highest BCUT2D eigenvalue weighted by molar-refractivity contribution is 5.96. The van der Waals surface area contributed by atoms with Gasteiger partial charge in [-0.3, -0.25) is 0 Å². The van der Waals surface area contributed by atoms with Crippen molar-refractivity contribution in [2.75, 3.05) is 7.05 Å². The van der Waals surface area contributed by atoms with Gasteiger partial charge in [0.15, 0.2) is 0 Å². The number of ether oxygens (including phenoxy) is 1. The van der Waals surface area contributed by atoms with Crippen LogP contribution in [0, 0.1) is 0 Å². The molecule has 0 bridgehead atoms. The topological polar surface area (TPSA) is 55.4 Å². The molecule has 0 aliphatic rings. The van der Waals surface area contributed by atoms with Crippen molar-refractivity contribution in [1.82, 2.24) is 5.32 Å². The summed E-state index contributed by atoms with van der Waals surface area (Å²) < 4.78 is 4.37. The van der Waals surface area contributed by atoms with Gasteiger partial charge in [0, 0.05) is 24.9 Å². The highest BCUT2D eigenvalue weighted by Crippen LogP contribution is 2.00. The molecular formula is C10H15NO3. The minimum Gasteiger partial charge on any atom is -0.391 e. The van der Waals surface area contributed by atoms with E-state index in [1.54, 1.807) is 7.05 Å². The molecule has 0 aromatic rings. The molecular weight excluding hydrogens is 182 g/mol. The third-order valence-corrected chi connectivity index (χ3v) is 1.50. The Morgan fingerprint density at radius 3 is 2.50 bits per heavy atom. The number of rotatable bonds is 5. The summed E-state index contributed by atoms with van der Waals surface area (Å²) in [6, 6.07) is 0. The van der Waals surface area contributed by atoms with Crippen molar-refractivity contribution in [3.8, 4) is 0 Å². The molecule has 1 N–H and O–H groups in total. The van der Waals surface area contributed by atoms with Crippen molar-refractivity contribution in [2.45, 2.75) is 19.8 Å². The second kappa shape index (κ2) is 6.88. The Labute approximate surface area is 83.6 Å². The lowest BCUT2D eigenvalue weighted by atomic mass is 10.2. The maximum Gasteiger partial charge on any atom is 0.340 e. The lowest BCUT2D eigenvalue weighted by Gasteiger charge is -2.03. The van der Waals surface area contributed by atoms with E-state index in [-0.39, 0.29) is 0 Å². The van der Waals surface area contributed by atoms with Gasteiger partial charge in [0.25, 0.3) is 0 Å². The van der Waals surface area contributed by atoms with Crippen LogP contribution in [0.4, 0.5) is 0 Å². The SMILES string of the molecule is C=CC(=O)OC(=O)C=C(CCC)NC. The fourth-order valence-corrected chi connectivity index (χ4v) is 0.851. The summed E-state index contributed by atoms with van der Waals surface area (Å²) in [6.07, 6.45) is 3.87. The van der Waals surface area contributed by atoms with Crippen LogP contribution < -0.4 is 5.32 Å². The van der Waals surface area contributed by atoms with Crippen molar-refractivity contribution in [1.29, 1.82) is 0 Å². The summed E-state index contributed by atoms with van der Waals surface area (Å²) in [6.45, 7) is 5.18. The fourth-order valence-electron chi connectivity index (χ4n) is 0.851. The average Bonchev–Trinajstić information content (AvgIpc) is 2.16. The minimum absolute atomic E-state index is 0.673. The number of carbonyl (C=O) groups excluding carboxylic acids is 2. The van der Waals surface area contributed by atoms with E-state index in [0.29, 0.717) is 0 Å². The number of esters is 2. The Balaban J connectivity index is 4.23. The maximum absolute atomic E-state index is 11.0. The molecule has 0 aromatic carbocycles. The van der Waals surface area contributed by atoms with Crippen LogP contribution in [-0.4, -0.2) is 19.0 Å². The van der Waals surface area contributed by atoms with Gasteiger partial charge in [0.05, 0.1) is 0 Å². The molecule has 0 unspecified atom stereocenters.